The second kappa shape index (κ2) is 9.39. The second-order valence-corrected chi connectivity index (χ2v) is 6.16. The van der Waals surface area contributed by atoms with Crippen molar-refractivity contribution < 1.29 is 19.5 Å². The molecule has 0 spiro atoms. The molecule has 0 aliphatic carbocycles. The molecule has 1 atom stereocenters. The van der Waals surface area contributed by atoms with Crippen LogP contribution in [0.2, 0.25) is 0 Å². The van der Waals surface area contributed by atoms with Gasteiger partial charge in [-0.1, -0.05) is 12.1 Å². The lowest BCUT2D eigenvalue weighted by Gasteiger charge is -2.29. The van der Waals surface area contributed by atoms with Crippen molar-refractivity contribution in [2.75, 3.05) is 25.0 Å². The first-order valence-corrected chi connectivity index (χ1v) is 7.99. The number of rotatable bonds is 4. The molecule has 2 rings (SSSR count). The van der Waals surface area contributed by atoms with Gasteiger partial charge in [0.2, 0.25) is 5.91 Å². The van der Waals surface area contributed by atoms with E-state index < -0.39 is 23.8 Å². The molecule has 1 fully saturated rings. The highest BCUT2D eigenvalue weighted by Gasteiger charge is 2.26. The number of carboxylic acid groups (broad SMARTS) is 1. The molecule has 1 aromatic carbocycles. The number of amides is 3. The Labute approximate surface area is 153 Å². The van der Waals surface area contributed by atoms with Crippen molar-refractivity contribution in [1.82, 2.24) is 10.2 Å². The number of hydrogen-bond acceptors (Lipinski definition) is 4. The number of imide groups is 1. The highest BCUT2D eigenvalue weighted by atomic mass is 35.5. The molecule has 1 unspecified atom stereocenters. The van der Waals surface area contributed by atoms with Crippen LogP contribution in [0.25, 0.3) is 0 Å². The van der Waals surface area contributed by atoms with E-state index in [0.717, 1.165) is 17.5 Å². The Balaban J connectivity index is 0.00000312. The van der Waals surface area contributed by atoms with Gasteiger partial charge in [-0.3, -0.25) is 19.8 Å². The van der Waals surface area contributed by atoms with Crippen molar-refractivity contribution in [2.24, 2.45) is 5.92 Å². The summed E-state index contributed by atoms with van der Waals surface area (Å²) in [6.45, 7) is 4.85. The maximum atomic E-state index is 12.0. The molecule has 0 radical (unpaired) electrons. The molecule has 0 saturated carbocycles. The third-order valence-electron chi connectivity index (χ3n) is 4.33. The second-order valence-electron chi connectivity index (χ2n) is 6.16. The maximum Gasteiger partial charge on any atom is 0.325 e. The van der Waals surface area contributed by atoms with E-state index in [1.54, 1.807) is 11.0 Å². The molecule has 8 heteroatoms. The third-order valence-corrected chi connectivity index (χ3v) is 4.33. The molecule has 1 saturated heterocycles. The Morgan fingerprint density at radius 2 is 2.00 bits per heavy atom. The molecule has 0 aromatic heterocycles. The van der Waals surface area contributed by atoms with E-state index in [-0.39, 0.29) is 19.0 Å². The smallest absolute Gasteiger partial charge is 0.325 e. The van der Waals surface area contributed by atoms with Crippen LogP contribution in [0.4, 0.5) is 10.5 Å². The summed E-state index contributed by atoms with van der Waals surface area (Å²) >= 11 is 0. The predicted octanol–water partition coefficient (Wildman–Crippen LogP) is 2.17. The van der Waals surface area contributed by atoms with Gasteiger partial charge in [-0.15, -0.1) is 12.4 Å². The van der Waals surface area contributed by atoms with Crippen molar-refractivity contribution in [3.63, 3.8) is 0 Å². The molecule has 1 aromatic rings. The van der Waals surface area contributed by atoms with Crippen LogP contribution >= 0.6 is 12.4 Å². The molecule has 138 valence electrons. The molecular formula is C17H24ClN3O4. The summed E-state index contributed by atoms with van der Waals surface area (Å²) in [6, 6.07) is 4.97. The van der Waals surface area contributed by atoms with Gasteiger partial charge < -0.3 is 10.4 Å². The fourth-order valence-corrected chi connectivity index (χ4v) is 2.81. The van der Waals surface area contributed by atoms with E-state index in [4.69, 9.17) is 5.11 Å². The van der Waals surface area contributed by atoms with E-state index in [9.17, 15) is 14.4 Å². The minimum absolute atomic E-state index is 0. The summed E-state index contributed by atoms with van der Waals surface area (Å²) in [5, 5.41) is 14.0. The van der Waals surface area contributed by atoms with Crippen molar-refractivity contribution >= 4 is 36.0 Å². The maximum absolute atomic E-state index is 12.0. The number of piperidine rings is 1. The van der Waals surface area contributed by atoms with Gasteiger partial charge in [-0.25, -0.2) is 4.79 Å². The molecular weight excluding hydrogens is 346 g/mol. The lowest BCUT2D eigenvalue weighted by atomic mass is 9.98. The first-order valence-electron chi connectivity index (χ1n) is 7.99. The molecule has 7 nitrogen and oxygen atoms in total. The first-order chi connectivity index (χ1) is 11.4. The van der Waals surface area contributed by atoms with E-state index in [0.29, 0.717) is 25.2 Å². The number of benzene rings is 1. The number of halogens is 1. The number of anilines is 1. The number of carbonyl (C=O) groups is 3. The van der Waals surface area contributed by atoms with Gasteiger partial charge in [0, 0.05) is 12.2 Å². The van der Waals surface area contributed by atoms with Crippen LogP contribution in [0.1, 0.15) is 24.0 Å². The Kier molecular flexibility index (Phi) is 7.86. The summed E-state index contributed by atoms with van der Waals surface area (Å²) < 4.78 is 0. The Morgan fingerprint density at radius 3 is 2.68 bits per heavy atom. The van der Waals surface area contributed by atoms with Gasteiger partial charge in [-0.05, 0) is 50.4 Å². The molecule has 1 aliphatic rings. The zero-order valence-electron chi connectivity index (χ0n) is 14.4. The summed E-state index contributed by atoms with van der Waals surface area (Å²) in [5.74, 6) is -1.73. The zero-order chi connectivity index (χ0) is 17.7. The fraction of sp³-hybridized carbons (Fsp3) is 0.471. The van der Waals surface area contributed by atoms with Crippen LogP contribution in [0.15, 0.2) is 18.2 Å². The fourth-order valence-electron chi connectivity index (χ4n) is 2.81. The normalized spacial score (nSPS) is 17.3. The van der Waals surface area contributed by atoms with E-state index >= 15 is 0 Å². The Morgan fingerprint density at radius 1 is 1.28 bits per heavy atom. The largest absolute Gasteiger partial charge is 0.481 e. The number of hydrogen-bond donors (Lipinski definition) is 3. The highest BCUT2D eigenvalue weighted by Crippen LogP contribution is 2.18. The summed E-state index contributed by atoms with van der Waals surface area (Å²) in [4.78, 5) is 36.7. The number of nitrogens with one attached hydrogen (secondary N) is 2. The van der Waals surface area contributed by atoms with Crippen LogP contribution < -0.4 is 10.6 Å². The number of nitrogens with zero attached hydrogens (tertiary/aromatic N) is 1. The monoisotopic (exact) mass is 369 g/mol. The molecule has 3 amide bonds. The average molecular weight is 370 g/mol. The number of aliphatic carboxylic acids is 1. The van der Waals surface area contributed by atoms with Gasteiger partial charge in [0.15, 0.2) is 0 Å². The topological polar surface area (TPSA) is 98.7 Å². The van der Waals surface area contributed by atoms with Crippen molar-refractivity contribution in [3.8, 4) is 0 Å². The van der Waals surface area contributed by atoms with E-state index in [1.807, 2.05) is 26.0 Å². The number of urea groups is 1. The summed E-state index contributed by atoms with van der Waals surface area (Å²) in [7, 11) is 0. The van der Waals surface area contributed by atoms with Crippen molar-refractivity contribution in [2.45, 2.75) is 26.7 Å². The number of carbonyl (C=O) groups excluding carboxylic acids is 2. The molecule has 0 bridgehead atoms. The van der Waals surface area contributed by atoms with Crippen molar-refractivity contribution in [3.05, 3.63) is 29.3 Å². The summed E-state index contributed by atoms with van der Waals surface area (Å²) in [6.07, 6.45) is 1.36. The lowest BCUT2D eigenvalue weighted by molar-refractivity contribution is -0.144. The van der Waals surface area contributed by atoms with Crippen LogP contribution in [0.3, 0.4) is 0 Å². The summed E-state index contributed by atoms with van der Waals surface area (Å²) in [5.41, 5.74) is 2.65. The van der Waals surface area contributed by atoms with Gasteiger partial charge in [-0.2, -0.15) is 0 Å². The van der Waals surface area contributed by atoms with Crippen LogP contribution in [0.5, 0.6) is 0 Å². The number of aryl methyl sites for hydroxylation is 1. The molecule has 3 N–H and O–H groups in total. The predicted molar refractivity (Wildman–Crippen MR) is 97.1 cm³/mol. The molecule has 1 heterocycles. The minimum Gasteiger partial charge on any atom is -0.481 e. The van der Waals surface area contributed by atoms with Gasteiger partial charge in [0.05, 0.1) is 12.5 Å². The van der Waals surface area contributed by atoms with E-state index in [1.165, 1.54) is 0 Å². The van der Waals surface area contributed by atoms with Crippen LogP contribution in [-0.2, 0) is 9.59 Å². The quantitative estimate of drug-likeness (QED) is 0.755. The average Bonchev–Trinajstić information content (AvgIpc) is 2.51. The zero-order valence-corrected chi connectivity index (χ0v) is 15.2. The lowest BCUT2D eigenvalue weighted by Crippen LogP contribution is -2.46. The first kappa shape index (κ1) is 20.9. The third kappa shape index (κ3) is 6.03. The molecule has 1 aliphatic heterocycles. The SMILES string of the molecule is Cc1cccc(NC(=O)NC(=O)CN2CCCC(C(=O)O)C2)c1C.Cl. The highest BCUT2D eigenvalue weighted by molar-refractivity contribution is 6.02. The number of carboxylic acids is 1. The van der Waals surface area contributed by atoms with Crippen LogP contribution in [-0.4, -0.2) is 47.5 Å². The van der Waals surface area contributed by atoms with Crippen molar-refractivity contribution in [1.29, 1.82) is 0 Å². The van der Waals surface area contributed by atoms with E-state index in [2.05, 4.69) is 10.6 Å². The van der Waals surface area contributed by atoms with Gasteiger partial charge in [0.25, 0.3) is 0 Å². The van der Waals surface area contributed by atoms with Gasteiger partial charge in [0.1, 0.15) is 0 Å². The van der Waals surface area contributed by atoms with Crippen LogP contribution in [0, 0.1) is 19.8 Å². The Bertz CT molecular complexity index is 651. The standard InChI is InChI=1S/C17H23N3O4.ClH/c1-11-5-3-7-14(12(11)2)18-17(24)19-15(21)10-20-8-4-6-13(9-20)16(22)23;/h3,5,7,13H,4,6,8-10H2,1-2H3,(H,22,23)(H2,18,19,21,24);1H. The van der Waals surface area contributed by atoms with Gasteiger partial charge >= 0.3 is 12.0 Å². The minimum atomic E-state index is -0.840. The Hall–Kier alpha value is -2.12. The number of likely N-dealkylation sites (tertiary alicyclic amines) is 1. The molecule has 25 heavy (non-hydrogen) atoms.